The molecule has 1 aliphatic carbocycles. The van der Waals surface area contributed by atoms with Crippen LogP contribution < -0.4 is 9.64 Å². The smallest absolute Gasteiger partial charge is 0.257 e. The van der Waals surface area contributed by atoms with Gasteiger partial charge in [-0.15, -0.1) is 0 Å². The Morgan fingerprint density at radius 2 is 1.89 bits per heavy atom. The summed E-state index contributed by atoms with van der Waals surface area (Å²) in [5, 5.41) is 0.504. The molecule has 0 atom stereocenters. The summed E-state index contributed by atoms with van der Waals surface area (Å²) in [4.78, 5) is 29.0. The number of benzene rings is 1. The lowest BCUT2D eigenvalue weighted by Gasteiger charge is -2.54. The van der Waals surface area contributed by atoms with E-state index in [-0.39, 0.29) is 11.9 Å². The second-order valence-corrected chi connectivity index (χ2v) is 12.2. The molecule has 3 fully saturated rings. The number of hydrogen-bond donors (Lipinski definition) is 0. The number of carbonyl (C=O) groups is 1. The normalized spacial score (nSPS) is 20.0. The van der Waals surface area contributed by atoms with Crippen molar-refractivity contribution < 1.29 is 9.53 Å². The van der Waals surface area contributed by atoms with Gasteiger partial charge in [0, 0.05) is 42.7 Å². The average molecular weight is 540 g/mol. The summed E-state index contributed by atoms with van der Waals surface area (Å²) in [6.07, 6.45) is 12.9. The Bertz CT molecular complexity index is 1100. The molecule has 0 unspecified atom stereocenters. The first-order valence-corrected chi connectivity index (χ1v) is 14.8. The molecule has 206 valence electrons. The van der Waals surface area contributed by atoms with Gasteiger partial charge in [0.15, 0.2) is 11.6 Å². The lowest BCUT2D eigenvalue weighted by atomic mass is 9.71. The van der Waals surface area contributed by atoms with Crippen LogP contribution >= 0.6 is 11.6 Å². The van der Waals surface area contributed by atoms with E-state index < -0.39 is 0 Å². The Kier molecular flexibility index (Phi) is 8.44. The maximum atomic E-state index is 13.4. The predicted octanol–water partition coefficient (Wildman–Crippen LogP) is 6.28. The van der Waals surface area contributed by atoms with Crippen LogP contribution in [0.3, 0.4) is 0 Å². The number of anilines is 1. The number of rotatable bonds is 8. The van der Waals surface area contributed by atoms with Gasteiger partial charge in [0.1, 0.15) is 12.1 Å². The molecule has 7 nitrogen and oxygen atoms in total. The van der Waals surface area contributed by atoms with Crippen LogP contribution in [0, 0.1) is 11.3 Å². The zero-order valence-electron chi connectivity index (χ0n) is 23.2. The van der Waals surface area contributed by atoms with E-state index >= 15 is 0 Å². The van der Waals surface area contributed by atoms with Crippen LogP contribution in [-0.4, -0.2) is 71.0 Å². The first-order valence-electron chi connectivity index (χ1n) is 14.4. The number of nitrogens with zero attached hydrogens (tertiary/aromatic N) is 5. The first-order chi connectivity index (χ1) is 18.4. The molecular weight excluding hydrogens is 498 g/mol. The van der Waals surface area contributed by atoms with Crippen molar-refractivity contribution in [3.05, 3.63) is 41.3 Å². The molecule has 8 heteroatoms. The van der Waals surface area contributed by atoms with Crippen molar-refractivity contribution in [1.82, 2.24) is 19.8 Å². The third kappa shape index (κ3) is 5.94. The fourth-order valence-corrected chi connectivity index (χ4v) is 6.74. The molecule has 38 heavy (non-hydrogen) atoms. The predicted molar refractivity (Wildman–Crippen MR) is 152 cm³/mol. The van der Waals surface area contributed by atoms with E-state index in [1.54, 1.807) is 35.6 Å². The minimum absolute atomic E-state index is 0.0707. The third-order valence-corrected chi connectivity index (χ3v) is 9.02. The molecule has 1 amide bonds. The molecule has 5 rings (SSSR count). The molecule has 0 bridgehead atoms. The number of aromatic nitrogens is 2. The van der Waals surface area contributed by atoms with E-state index in [2.05, 4.69) is 19.8 Å². The lowest BCUT2D eigenvalue weighted by Crippen LogP contribution is -2.61. The Morgan fingerprint density at radius 3 is 2.58 bits per heavy atom. The van der Waals surface area contributed by atoms with Gasteiger partial charge in [0.2, 0.25) is 0 Å². The van der Waals surface area contributed by atoms with Gasteiger partial charge in [-0.2, -0.15) is 0 Å². The molecule has 1 aromatic heterocycles. The molecule has 3 heterocycles. The van der Waals surface area contributed by atoms with Gasteiger partial charge in [0.05, 0.1) is 11.8 Å². The Hall–Kier alpha value is -2.38. The summed E-state index contributed by atoms with van der Waals surface area (Å²) in [5.74, 6) is 2.65. The van der Waals surface area contributed by atoms with Crippen molar-refractivity contribution in [2.45, 2.75) is 71.8 Å². The van der Waals surface area contributed by atoms with Gasteiger partial charge >= 0.3 is 0 Å². The number of carbonyl (C=O) groups excluding carboxylic acids is 1. The van der Waals surface area contributed by atoms with Crippen molar-refractivity contribution in [3.63, 3.8) is 0 Å². The highest BCUT2D eigenvalue weighted by molar-refractivity contribution is 6.31. The Morgan fingerprint density at radius 1 is 1.16 bits per heavy atom. The molecular formula is C30H42ClN5O2. The van der Waals surface area contributed by atoms with Crippen LogP contribution in [0.1, 0.15) is 76.1 Å². The largest absolute Gasteiger partial charge is 0.451 e. The fraction of sp³-hybridized carbons (Fsp3) is 0.633. The van der Waals surface area contributed by atoms with Crippen molar-refractivity contribution in [2.24, 2.45) is 11.3 Å². The molecule has 0 N–H and O–H groups in total. The zero-order valence-corrected chi connectivity index (χ0v) is 23.9. The van der Waals surface area contributed by atoms with Crippen molar-refractivity contribution >= 4 is 23.3 Å². The first kappa shape index (κ1) is 27.2. The average Bonchev–Trinajstić information content (AvgIpc) is 2.90. The SMILES string of the molecule is CCN(C(=O)c1cc(Cl)ccc1Oc1cncnc1N1CC2(CCN(CC3CCCCC3)CC2)C1)C(C)C. The van der Waals surface area contributed by atoms with E-state index in [9.17, 15) is 4.79 Å². The van der Waals surface area contributed by atoms with E-state index in [0.29, 0.717) is 34.0 Å². The number of ether oxygens (including phenoxy) is 1. The van der Waals surface area contributed by atoms with Crippen LogP contribution in [0.15, 0.2) is 30.7 Å². The second kappa shape index (κ2) is 11.8. The fourth-order valence-electron chi connectivity index (χ4n) is 6.57. The van der Waals surface area contributed by atoms with Gasteiger partial charge in [-0.25, -0.2) is 9.97 Å². The van der Waals surface area contributed by atoms with Crippen LogP contribution in [0.2, 0.25) is 5.02 Å². The molecule has 1 spiro atoms. The highest BCUT2D eigenvalue weighted by atomic mass is 35.5. The summed E-state index contributed by atoms with van der Waals surface area (Å²) >= 11 is 6.29. The van der Waals surface area contributed by atoms with E-state index in [1.165, 1.54) is 64.6 Å². The maximum Gasteiger partial charge on any atom is 0.257 e. The number of hydrogen-bond acceptors (Lipinski definition) is 6. The van der Waals surface area contributed by atoms with E-state index in [4.69, 9.17) is 16.3 Å². The molecule has 1 aromatic carbocycles. The number of piperidine rings is 1. The summed E-state index contributed by atoms with van der Waals surface area (Å²) < 4.78 is 6.34. The molecule has 2 saturated heterocycles. The monoisotopic (exact) mass is 539 g/mol. The Labute approximate surface area is 232 Å². The standard InChI is InChI=1S/C30H42ClN5O2/c1-4-36(22(2)3)29(37)25-16-24(31)10-11-26(25)38-27-17-32-21-33-28(27)35-19-30(20-35)12-14-34(15-13-30)18-23-8-6-5-7-9-23/h10-11,16-17,21-23H,4-9,12-15,18-20H2,1-3H3. The highest BCUT2D eigenvalue weighted by Crippen LogP contribution is 2.45. The van der Waals surface area contributed by atoms with Gasteiger partial charge < -0.3 is 19.4 Å². The van der Waals surface area contributed by atoms with E-state index in [1.807, 2.05) is 20.8 Å². The Balaban J connectivity index is 1.25. The maximum absolute atomic E-state index is 13.4. The summed E-state index contributed by atoms with van der Waals surface area (Å²) in [5.41, 5.74) is 0.819. The minimum Gasteiger partial charge on any atom is -0.451 e. The summed E-state index contributed by atoms with van der Waals surface area (Å²) in [6, 6.07) is 5.28. The zero-order chi connectivity index (χ0) is 26.7. The molecule has 1 saturated carbocycles. The topological polar surface area (TPSA) is 61.8 Å². The van der Waals surface area contributed by atoms with Gasteiger partial charge in [-0.1, -0.05) is 30.9 Å². The van der Waals surface area contributed by atoms with Crippen LogP contribution in [0.25, 0.3) is 0 Å². The molecule has 0 radical (unpaired) electrons. The van der Waals surface area contributed by atoms with Crippen molar-refractivity contribution in [1.29, 1.82) is 0 Å². The third-order valence-electron chi connectivity index (χ3n) is 8.79. The number of likely N-dealkylation sites (tertiary alicyclic amines) is 1. The van der Waals surface area contributed by atoms with Crippen molar-refractivity contribution in [2.75, 3.05) is 44.2 Å². The number of amides is 1. The molecule has 2 aliphatic heterocycles. The van der Waals surface area contributed by atoms with E-state index in [0.717, 1.165) is 24.8 Å². The van der Waals surface area contributed by atoms with Crippen LogP contribution in [0.5, 0.6) is 11.5 Å². The van der Waals surface area contributed by atoms with Gasteiger partial charge in [0.25, 0.3) is 5.91 Å². The second-order valence-electron chi connectivity index (χ2n) is 11.8. The van der Waals surface area contributed by atoms with Gasteiger partial charge in [-0.05, 0) is 83.7 Å². The summed E-state index contributed by atoms with van der Waals surface area (Å²) in [7, 11) is 0. The lowest BCUT2D eigenvalue weighted by molar-refractivity contribution is 0.0627. The van der Waals surface area contributed by atoms with Crippen molar-refractivity contribution in [3.8, 4) is 11.5 Å². The van der Waals surface area contributed by atoms with Crippen LogP contribution in [-0.2, 0) is 0 Å². The molecule has 2 aromatic rings. The van der Waals surface area contributed by atoms with Crippen LogP contribution in [0.4, 0.5) is 5.82 Å². The number of halogens is 1. The quantitative estimate of drug-likeness (QED) is 0.393. The molecule has 3 aliphatic rings. The minimum atomic E-state index is -0.0960. The summed E-state index contributed by atoms with van der Waals surface area (Å²) in [6.45, 7) is 12.3. The highest BCUT2D eigenvalue weighted by Gasteiger charge is 2.46. The van der Waals surface area contributed by atoms with Gasteiger partial charge in [-0.3, -0.25) is 4.79 Å².